The molecule has 0 amide bonds. The van der Waals surface area contributed by atoms with E-state index < -0.39 is 0 Å². The molecule has 6 nitrogen and oxygen atoms in total. The summed E-state index contributed by atoms with van der Waals surface area (Å²) in [6, 6.07) is 0. The predicted molar refractivity (Wildman–Crippen MR) is 83.1 cm³/mol. The second-order valence-corrected chi connectivity index (χ2v) is 5.65. The lowest BCUT2D eigenvalue weighted by Crippen LogP contribution is -2.38. The number of ether oxygens (including phenoxy) is 1. The third kappa shape index (κ3) is 5.73. The molecule has 0 atom stereocenters. The molecule has 1 N–H and O–H groups in total. The van der Waals surface area contributed by atoms with Crippen molar-refractivity contribution in [3.05, 3.63) is 11.9 Å². The maximum Gasteiger partial charge on any atom is 0.0964 e. The molecule has 1 aromatic rings. The fourth-order valence-corrected chi connectivity index (χ4v) is 2.70. The van der Waals surface area contributed by atoms with Crippen LogP contribution in [-0.2, 0) is 17.8 Å². The van der Waals surface area contributed by atoms with E-state index in [0.717, 1.165) is 70.8 Å². The average molecular weight is 295 g/mol. The molecule has 6 heteroatoms. The summed E-state index contributed by atoms with van der Waals surface area (Å²) in [5.74, 6) is 0. The van der Waals surface area contributed by atoms with Crippen LogP contribution in [0.3, 0.4) is 0 Å². The van der Waals surface area contributed by atoms with Gasteiger partial charge in [-0.3, -0.25) is 4.68 Å². The van der Waals surface area contributed by atoms with Crippen LogP contribution in [0.15, 0.2) is 6.20 Å². The van der Waals surface area contributed by atoms with Gasteiger partial charge in [-0.2, -0.15) is 0 Å². The third-order valence-electron chi connectivity index (χ3n) is 3.90. The summed E-state index contributed by atoms with van der Waals surface area (Å²) in [6.45, 7) is 11.1. The van der Waals surface area contributed by atoms with Gasteiger partial charge in [0.1, 0.15) is 0 Å². The number of likely N-dealkylation sites (tertiary alicyclic amines) is 1. The molecule has 0 spiro atoms. The minimum atomic E-state index is 0.467. The summed E-state index contributed by atoms with van der Waals surface area (Å²) in [5.41, 5.74) is 1.03. The van der Waals surface area contributed by atoms with Gasteiger partial charge in [0.25, 0.3) is 0 Å². The van der Waals surface area contributed by atoms with Gasteiger partial charge in [-0.15, -0.1) is 5.10 Å². The predicted octanol–water partition coefficient (Wildman–Crippen LogP) is 1.28. The van der Waals surface area contributed by atoms with Crippen LogP contribution in [0.5, 0.6) is 0 Å². The third-order valence-corrected chi connectivity index (χ3v) is 3.90. The molecule has 0 unspecified atom stereocenters. The normalized spacial score (nSPS) is 17.4. The van der Waals surface area contributed by atoms with Gasteiger partial charge in [0.2, 0.25) is 0 Å². The van der Waals surface area contributed by atoms with Crippen LogP contribution in [0.4, 0.5) is 0 Å². The molecule has 0 bridgehead atoms. The Morgan fingerprint density at radius 3 is 2.81 bits per heavy atom. The van der Waals surface area contributed by atoms with Crippen LogP contribution >= 0.6 is 0 Å². The summed E-state index contributed by atoms with van der Waals surface area (Å²) in [6.07, 6.45) is 5.96. The minimum Gasteiger partial charge on any atom is -0.378 e. The van der Waals surface area contributed by atoms with E-state index in [2.05, 4.69) is 40.6 Å². The summed E-state index contributed by atoms with van der Waals surface area (Å²) in [7, 11) is 0. The number of hydrogen-bond acceptors (Lipinski definition) is 5. The second kappa shape index (κ2) is 9.12. The largest absolute Gasteiger partial charge is 0.378 e. The van der Waals surface area contributed by atoms with E-state index in [4.69, 9.17) is 4.74 Å². The van der Waals surface area contributed by atoms with Crippen molar-refractivity contribution >= 4 is 0 Å². The van der Waals surface area contributed by atoms with Crippen LogP contribution in [-0.4, -0.2) is 58.8 Å². The number of nitrogens with zero attached hydrogens (tertiary/aromatic N) is 4. The lowest BCUT2D eigenvalue weighted by atomic mass is 10.1. The summed E-state index contributed by atoms with van der Waals surface area (Å²) >= 11 is 0. The standard InChI is InChI=1S/C15H29N5O/c1-3-7-16-12-14-13-20(18-17-14)11-10-19-8-5-15(6-9-19)21-4-2/h13,15-16H,3-12H2,1-2H3. The molecule has 120 valence electrons. The van der Waals surface area contributed by atoms with Crippen LogP contribution in [0.1, 0.15) is 38.8 Å². The Balaban J connectivity index is 1.64. The first kappa shape index (κ1) is 16.4. The van der Waals surface area contributed by atoms with Crippen LogP contribution in [0, 0.1) is 0 Å². The molecular formula is C15H29N5O. The quantitative estimate of drug-likeness (QED) is 0.696. The fraction of sp³-hybridized carbons (Fsp3) is 0.867. The van der Waals surface area contributed by atoms with Gasteiger partial charge in [0.15, 0.2) is 0 Å². The molecule has 2 heterocycles. The zero-order valence-corrected chi connectivity index (χ0v) is 13.4. The first-order valence-corrected chi connectivity index (χ1v) is 8.25. The van der Waals surface area contributed by atoms with Crippen LogP contribution in [0.2, 0.25) is 0 Å². The minimum absolute atomic E-state index is 0.467. The fourth-order valence-electron chi connectivity index (χ4n) is 2.70. The monoisotopic (exact) mass is 295 g/mol. The topological polar surface area (TPSA) is 55.2 Å². The highest BCUT2D eigenvalue weighted by atomic mass is 16.5. The van der Waals surface area contributed by atoms with E-state index in [1.165, 1.54) is 0 Å². The van der Waals surface area contributed by atoms with Gasteiger partial charge in [-0.1, -0.05) is 12.1 Å². The molecular weight excluding hydrogens is 266 g/mol. The van der Waals surface area contributed by atoms with Gasteiger partial charge in [-0.25, -0.2) is 0 Å². The molecule has 1 saturated heterocycles. The molecule has 0 aromatic carbocycles. The Labute approximate surface area is 127 Å². The number of hydrogen-bond donors (Lipinski definition) is 1. The Hall–Kier alpha value is -0.980. The van der Waals surface area contributed by atoms with E-state index in [1.54, 1.807) is 0 Å². The van der Waals surface area contributed by atoms with Crippen molar-refractivity contribution in [3.8, 4) is 0 Å². The highest BCUT2D eigenvalue weighted by Crippen LogP contribution is 2.13. The molecule has 1 fully saturated rings. The van der Waals surface area contributed by atoms with Crippen molar-refractivity contribution in [2.45, 2.75) is 52.3 Å². The first-order chi connectivity index (χ1) is 10.3. The lowest BCUT2D eigenvalue weighted by molar-refractivity contribution is 0.0134. The van der Waals surface area contributed by atoms with Crippen molar-refractivity contribution in [2.75, 3.05) is 32.8 Å². The van der Waals surface area contributed by atoms with Gasteiger partial charge < -0.3 is 15.0 Å². The summed E-state index contributed by atoms with van der Waals surface area (Å²) < 4.78 is 7.64. The van der Waals surface area contributed by atoms with E-state index in [-0.39, 0.29) is 0 Å². The van der Waals surface area contributed by atoms with Gasteiger partial charge >= 0.3 is 0 Å². The van der Waals surface area contributed by atoms with E-state index >= 15 is 0 Å². The van der Waals surface area contributed by atoms with Gasteiger partial charge in [-0.05, 0) is 32.7 Å². The molecule has 1 aromatic heterocycles. The molecule has 2 rings (SSSR count). The van der Waals surface area contributed by atoms with Crippen LogP contribution in [0.25, 0.3) is 0 Å². The first-order valence-electron chi connectivity index (χ1n) is 8.25. The Kier molecular flexibility index (Phi) is 7.12. The summed E-state index contributed by atoms with van der Waals surface area (Å²) in [4.78, 5) is 2.49. The highest BCUT2D eigenvalue weighted by molar-refractivity contribution is 4.91. The maximum atomic E-state index is 5.68. The van der Waals surface area contributed by atoms with Crippen LogP contribution < -0.4 is 5.32 Å². The zero-order chi connectivity index (χ0) is 14.9. The number of piperidine rings is 1. The number of aromatic nitrogens is 3. The zero-order valence-electron chi connectivity index (χ0n) is 13.4. The van der Waals surface area contributed by atoms with Crippen molar-refractivity contribution in [2.24, 2.45) is 0 Å². The van der Waals surface area contributed by atoms with Crippen molar-refractivity contribution < 1.29 is 4.74 Å². The summed E-state index contributed by atoms with van der Waals surface area (Å²) in [5, 5.41) is 11.7. The molecule has 0 aliphatic carbocycles. The van der Waals surface area contributed by atoms with Gasteiger partial charge in [0.05, 0.1) is 18.3 Å². The van der Waals surface area contributed by atoms with Crippen molar-refractivity contribution in [3.63, 3.8) is 0 Å². The highest BCUT2D eigenvalue weighted by Gasteiger charge is 2.18. The second-order valence-electron chi connectivity index (χ2n) is 5.65. The Bertz CT molecular complexity index is 387. The van der Waals surface area contributed by atoms with E-state index in [0.29, 0.717) is 6.10 Å². The Morgan fingerprint density at radius 2 is 2.10 bits per heavy atom. The SMILES string of the molecule is CCCNCc1cn(CCN2CCC(OCC)CC2)nn1. The maximum absolute atomic E-state index is 5.68. The Morgan fingerprint density at radius 1 is 1.29 bits per heavy atom. The average Bonchev–Trinajstić information content (AvgIpc) is 2.95. The molecule has 1 aliphatic heterocycles. The molecule has 1 aliphatic rings. The van der Waals surface area contributed by atoms with Crippen molar-refractivity contribution in [1.29, 1.82) is 0 Å². The molecule has 0 saturated carbocycles. The number of nitrogens with one attached hydrogen (secondary N) is 1. The molecule has 0 radical (unpaired) electrons. The van der Waals surface area contributed by atoms with Gasteiger partial charge in [0, 0.05) is 39.0 Å². The lowest BCUT2D eigenvalue weighted by Gasteiger charge is -2.31. The van der Waals surface area contributed by atoms with Crippen molar-refractivity contribution in [1.82, 2.24) is 25.2 Å². The number of rotatable bonds is 9. The molecule has 21 heavy (non-hydrogen) atoms. The smallest absolute Gasteiger partial charge is 0.0964 e. The van der Waals surface area contributed by atoms with E-state index in [1.807, 2.05) is 4.68 Å². The van der Waals surface area contributed by atoms with E-state index in [9.17, 15) is 0 Å².